The highest BCUT2D eigenvalue weighted by atomic mass is 35.5. The summed E-state index contributed by atoms with van der Waals surface area (Å²) >= 11 is 6.13. The van der Waals surface area contributed by atoms with E-state index in [0.29, 0.717) is 16.8 Å². The summed E-state index contributed by atoms with van der Waals surface area (Å²) in [5.41, 5.74) is 1.05. The average Bonchev–Trinajstić information content (AvgIpc) is 2.47. The molecule has 1 aromatic carbocycles. The van der Waals surface area contributed by atoms with Crippen molar-refractivity contribution in [1.29, 1.82) is 0 Å². The highest BCUT2D eigenvalue weighted by molar-refractivity contribution is 6.32. The summed E-state index contributed by atoms with van der Waals surface area (Å²) < 4.78 is 10.7. The molecule has 0 aromatic heterocycles. The quantitative estimate of drug-likeness (QED) is 0.921. The molecule has 1 aliphatic heterocycles. The summed E-state index contributed by atoms with van der Waals surface area (Å²) in [7, 11) is 5.32. The average molecular weight is 285 g/mol. The first-order valence-corrected chi connectivity index (χ1v) is 6.91. The van der Waals surface area contributed by atoms with E-state index in [1.54, 1.807) is 14.2 Å². The second kappa shape index (κ2) is 6.35. The van der Waals surface area contributed by atoms with Crippen molar-refractivity contribution in [3.63, 3.8) is 0 Å². The molecule has 1 N–H and O–H groups in total. The molecule has 1 aromatic rings. The Labute approximate surface area is 119 Å². The summed E-state index contributed by atoms with van der Waals surface area (Å²) in [6.07, 6.45) is 2.26. The van der Waals surface area contributed by atoms with Crippen molar-refractivity contribution in [2.75, 3.05) is 39.3 Å². The Morgan fingerprint density at radius 2 is 1.79 bits per heavy atom. The predicted molar refractivity (Wildman–Crippen MR) is 78.9 cm³/mol. The van der Waals surface area contributed by atoms with Crippen LogP contribution in [0.1, 0.15) is 12.8 Å². The van der Waals surface area contributed by atoms with Gasteiger partial charge in [-0.2, -0.15) is 0 Å². The minimum absolute atomic E-state index is 0.577. The van der Waals surface area contributed by atoms with Gasteiger partial charge in [0, 0.05) is 31.3 Å². The van der Waals surface area contributed by atoms with Crippen molar-refractivity contribution < 1.29 is 9.47 Å². The molecule has 0 radical (unpaired) electrons. The van der Waals surface area contributed by atoms with E-state index in [1.165, 1.54) is 0 Å². The smallest absolute Gasteiger partial charge is 0.143 e. The number of piperidine rings is 1. The first kappa shape index (κ1) is 14.3. The van der Waals surface area contributed by atoms with E-state index < -0.39 is 0 Å². The summed E-state index contributed by atoms with van der Waals surface area (Å²) in [5.74, 6) is 1.49. The zero-order valence-corrected chi connectivity index (χ0v) is 12.5. The van der Waals surface area contributed by atoms with Gasteiger partial charge in [0.15, 0.2) is 0 Å². The fourth-order valence-corrected chi connectivity index (χ4v) is 2.73. The standard InChI is InChI=1S/C14H21ClN2O2/c1-16-10-4-6-17(7-5-10)12-9-13(18-2)11(15)8-14(12)19-3/h8-10,16H,4-7H2,1-3H3. The molecule has 0 saturated carbocycles. The van der Waals surface area contributed by atoms with Gasteiger partial charge in [0.05, 0.1) is 24.9 Å². The molecule has 1 aliphatic rings. The number of nitrogens with one attached hydrogen (secondary N) is 1. The van der Waals surface area contributed by atoms with E-state index in [1.807, 2.05) is 19.2 Å². The normalized spacial score (nSPS) is 16.5. The molecule has 19 heavy (non-hydrogen) atoms. The number of anilines is 1. The van der Waals surface area contributed by atoms with Crippen LogP contribution in [0.5, 0.6) is 11.5 Å². The molecular formula is C14H21ClN2O2. The number of hydrogen-bond donors (Lipinski definition) is 1. The zero-order valence-electron chi connectivity index (χ0n) is 11.7. The fraction of sp³-hybridized carbons (Fsp3) is 0.571. The molecule has 0 spiro atoms. The van der Waals surface area contributed by atoms with Gasteiger partial charge in [0.2, 0.25) is 0 Å². The van der Waals surface area contributed by atoms with Crippen LogP contribution < -0.4 is 19.7 Å². The van der Waals surface area contributed by atoms with Crippen molar-refractivity contribution in [3.8, 4) is 11.5 Å². The third kappa shape index (κ3) is 3.07. The number of hydrogen-bond acceptors (Lipinski definition) is 4. The molecule has 1 saturated heterocycles. The van der Waals surface area contributed by atoms with Crippen LogP contribution in [-0.4, -0.2) is 40.4 Å². The van der Waals surface area contributed by atoms with Crippen LogP contribution in [0.3, 0.4) is 0 Å². The first-order chi connectivity index (χ1) is 9.19. The molecule has 0 aliphatic carbocycles. The largest absolute Gasteiger partial charge is 0.495 e. The van der Waals surface area contributed by atoms with E-state index in [-0.39, 0.29) is 0 Å². The van der Waals surface area contributed by atoms with Gasteiger partial charge in [-0.25, -0.2) is 0 Å². The van der Waals surface area contributed by atoms with Crippen LogP contribution in [0.2, 0.25) is 5.02 Å². The Hall–Kier alpha value is -1.13. The van der Waals surface area contributed by atoms with E-state index in [9.17, 15) is 0 Å². The van der Waals surface area contributed by atoms with Crippen LogP contribution in [0.4, 0.5) is 5.69 Å². The third-order valence-corrected chi connectivity index (χ3v) is 3.99. The fourth-order valence-electron chi connectivity index (χ4n) is 2.50. The van der Waals surface area contributed by atoms with Gasteiger partial charge >= 0.3 is 0 Å². The second-order valence-corrected chi connectivity index (χ2v) is 5.12. The van der Waals surface area contributed by atoms with Crippen LogP contribution in [-0.2, 0) is 0 Å². The number of nitrogens with zero attached hydrogens (tertiary/aromatic N) is 1. The maximum Gasteiger partial charge on any atom is 0.143 e. The molecule has 0 atom stereocenters. The molecule has 106 valence electrons. The van der Waals surface area contributed by atoms with Crippen LogP contribution in [0.15, 0.2) is 12.1 Å². The van der Waals surface area contributed by atoms with Crippen molar-refractivity contribution in [2.24, 2.45) is 0 Å². The Kier molecular flexibility index (Phi) is 4.77. The number of halogens is 1. The number of methoxy groups -OCH3 is 2. The molecular weight excluding hydrogens is 264 g/mol. The van der Waals surface area contributed by atoms with E-state index in [0.717, 1.165) is 37.4 Å². The molecule has 5 heteroatoms. The molecule has 4 nitrogen and oxygen atoms in total. The van der Waals surface area contributed by atoms with Gasteiger partial charge in [-0.3, -0.25) is 0 Å². The van der Waals surface area contributed by atoms with Gasteiger partial charge in [-0.15, -0.1) is 0 Å². The number of rotatable bonds is 4. The minimum Gasteiger partial charge on any atom is -0.495 e. The molecule has 1 heterocycles. The zero-order chi connectivity index (χ0) is 13.8. The monoisotopic (exact) mass is 284 g/mol. The van der Waals surface area contributed by atoms with Gasteiger partial charge in [0.1, 0.15) is 11.5 Å². The topological polar surface area (TPSA) is 33.7 Å². The van der Waals surface area contributed by atoms with E-state index in [2.05, 4.69) is 10.2 Å². The minimum atomic E-state index is 0.577. The number of ether oxygens (including phenoxy) is 2. The van der Waals surface area contributed by atoms with E-state index >= 15 is 0 Å². The molecule has 0 bridgehead atoms. The van der Waals surface area contributed by atoms with E-state index in [4.69, 9.17) is 21.1 Å². The maximum atomic E-state index is 6.13. The summed E-state index contributed by atoms with van der Waals surface area (Å²) in [5, 5.41) is 3.91. The second-order valence-electron chi connectivity index (χ2n) is 4.71. The van der Waals surface area contributed by atoms with Crippen molar-refractivity contribution in [2.45, 2.75) is 18.9 Å². The Morgan fingerprint density at radius 3 is 2.32 bits per heavy atom. The molecule has 1 fully saturated rings. The first-order valence-electron chi connectivity index (χ1n) is 6.53. The SMILES string of the molecule is CNC1CCN(c2cc(OC)c(Cl)cc2OC)CC1. The van der Waals surface area contributed by atoms with Crippen molar-refractivity contribution in [1.82, 2.24) is 5.32 Å². The summed E-state index contributed by atoms with van der Waals surface area (Å²) in [4.78, 5) is 2.32. The lowest BCUT2D eigenvalue weighted by molar-refractivity contribution is 0.397. The maximum absolute atomic E-state index is 6.13. The Morgan fingerprint density at radius 1 is 1.16 bits per heavy atom. The highest BCUT2D eigenvalue weighted by Crippen LogP contribution is 2.38. The lowest BCUT2D eigenvalue weighted by atomic mass is 10.0. The van der Waals surface area contributed by atoms with Crippen molar-refractivity contribution in [3.05, 3.63) is 17.2 Å². The van der Waals surface area contributed by atoms with Gasteiger partial charge in [-0.05, 0) is 19.9 Å². The highest BCUT2D eigenvalue weighted by Gasteiger charge is 2.21. The van der Waals surface area contributed by atoms with Gasteiger partial charge in [-0.1, -0.05) is 11.6 Å². The van der Waals surface area contributed by atoms with Crippen LogP contribution in [0, 0.1) is 0 Å². The molecule has 2 rings (SSSR count). The van der Waals surface area contributed by atoms with Crippen LogP contribution >= 0.6 is 11.6 Å². The summed E-state index contributed by atoms with van der Waals surface area (Å²) in [6.45, 7) is 2.01. The van der Waals surface area contributed by atoms with Crippen LogP contribution in [0.25, 0.3) is 0 Å². The number of benzene rings is 1. The third-order valence-electron chi connectivity index (χ3n) is 3.70. The van der Waals surface area contributed by atoms with Gasteiger partial charge < -0.3 is 19.7 Å². The Bertz CT molecular complexity index is 432. The summed E-state index contributed by atoms with van der Waals surface area (Å²) in [6, 6.07) is 4.39. The lowest BCUT2D eigenvalue weighted by Crippen LogP contribution is -2.41. The lowest BCUT2D eigenvalue weighted by Gasteiger charge is -2.34. The molecule has 0 unspecified atom stereocenters. The van der Waals surface area contributed by atoms with Gasteiger partial charge in [0.25, 0.3) is 0 Å². The Balaban J connectivity index is 2.23. The van der Waals surface area contributed by atoms with Crippen molar-refractivity contribution >= 4 is 17.3 Å². The molecule has 0 amide bonds. The predicted octanol–water partition coefficient (Wildman–Crippen LogP) is 2.55.